The van der Waals surface area contributed by atoms with Crippen LogP contribution in [0.25, 0.3) is 0 Å². The standard InChI is InChI=1S/C9H19NO5/c1-9(2,10)8-7(14)6(13)5(12)4(3-11)15-8/h4-8,11-14H,3,10H2,1-2H3. The fraction of sp³-hybridized carbons (Fsp3) is 1.00. The van der Waals surface area contributed by atoms with Crippen molar-refractivity contribution in [1.82, 2.24) is 0 Å². The molecule has 0 radical (unpaired) electrons. The third-order valence-electron chi connectivity index (χ3n) is 2.63. The fourth-order valence-corrected chi connectivity index (χ4v) is 1.72. The molecule has 90 valence electrons. The van der Waals surface area contributed by atoms with Gasteiger partial charge in [0.2, 0.25) is 0 Å². The van der Waals surface area contributed by atoms with E-state index in [1.165, 1.54) is 0 Å². The molecule has 0 aromatic heterocycles. The van der Waals surface area contributed by atoms with Gasteiger partial charge in [-0.25, -0.2) is 0 Å². The third-order valence-corrected chi connectivity index (χ3v) is 2.63. The predicted octanol–water partition coefficient (Wildman–Crippen LogP) is -2.43. The first-order valence-corrected chi connectivity index (χ1v) is 4.88. The van der Waals surface area contributed by atoms with Crippen molar-refractivity contribution in [2.24, 2.45) is 5.73 Å². The number of ether oxygens (including phenoxy) is 1. The lowest BCUT2D eigenvalue weighted by atomic mass is 9.85. The van der Waals surface area contributed by atoms with Crippen molar-refractivity contribution < 1.29 is 25.2 Å². The summed E-state index contributed by atoms with van der Waals surface area (Å²) in [6.07, 6.45) is -5.67. The quantitative estimate of drug-likeness (QED) is 0.354. The van der Waals surface area contributed by atoms with Crippen LogP contribution in [0.2, 0.25) is 0 Å². The van der Waals surface area contributed by atoms with Crippen LogP contribution >= 0.6 is 0 Å². The van der Waals surface area contributed by atoms with Gasteiger partial charge in [0.1, 0.15) is 30.5 Å². The number of hydrogen-bond acceptors (Lipinski definition) is 6. The maximum atomic E-state index is 9.66. The van der Waals surface area contributed by atoms with Crippen LogP contribution in [0.3, 0.4) is 0 Å². The highest BCUT2D eigenvalue weighted by Crippen LogP contribution is 2.26. The van der Waals surface area contributed by atoms with Gasteiger partial charge in [-0.05, 0) is 13.8 Å². The summed E-state index contributed by atoms with van der Waals surface area (Å²) >= 11 is 0. The monoisotopic (exact) mass is 221 g/mol. The number of aliphatic hydroxyl groups is 4. The van der Waals surface area contributed by atoms with E-state index in [1.807, 2.05) is 0 Å². The molecule has 1 rings (SSSR count). The molecule has 1 aliphatic rings. The number of hydrogen-bond donors (Lipinski definition) is 5. The minimum Gasteiger partial charge on any atom is -0.394 e. The van der Waals surface area contributed by atoms with Gasteiger partial charge in [-0.15, -0.1) is 0 Å². The molecular formula is C9H19NO5. The van der Waals surface area contributed by atoms with E-state index >= 15 is 0 Å². The van der Waals surface area contributed by atoms with Crippen molar-refractivity contribution in [2.75, 3.05) is 6.61 Å². The van der Waals surface area contributed by atoms with Crippen LogP contribution in [0.15, 0.2) is 0 Å². The molecule has 5 atom stereocenters. The topological polar surface area (TPSA) is 116 Å². The zero-order valence-corrected chi connectivity index (χ0v) is 8.87. The van der Waals surface area contributed by atoms with E-state index in [0.29, 0.717) is 0 Å². The highest BCUT2D eigenvalue weighted by atomic mass is 16.5. The molecule has 0 aliphatic carbocycles. The highest BCUT2D eigenvalue weighted by molar-refractivity contribution is 4.99. The Hall–Kier alpha value is -0.240. The molecule has 0 spiro atoms. The third kappa shape index (κ3) is 2.47. The lowest BCUT2D eigenvalue weighted by Crippen LogP contribution is -2.66. The van der Waals surface area contributed by atoms with Gasteiger partial charge in [0.25, 0.3) is 0 Å². The second-order valence-electron chi connectivity index (χ2n) is 4.57. The van der Waals surface area contributed by atoms with Gasteiger partial charge < -0.3 is 30.9 Å². The van der Waals surface area contributed by atoms with Crippen molar-refractivity contribution in [1.29, 1.82) is 0 Å². The molecule has 6 N–H and O–H groups in total. The van der Waals surface area contributed by atoms with Crippen molar-refractivity contribution in [3.63, 3.8) is 0 Å². The maximum Gasteiger partial charge on any atom is 0.111 e. The van der Waals surface area contributed by atoms with E-state index in [-0.39, 0.29) is 0 Å². The van der Waals surface area contributed by atoms with E-state index in [4.69, 9.17) is 15.6 Å². The average molecular weight is 221 g/mol. The largest absolute Gasteiger partial charge is 0.394 e. The number of nitrogens with two attached hydrogens (primary N) is 1. The Balaban J connectivity index is 2.83. The maximum absolute atomic E-state index is 9.66. The Morgan fingerprint density at radius 2 is 1.67 bits per heavy atom. The summed E-state index contributed by atoms with van der Waals surface area (Å²) in [6, 6.07) is 0. The van der Waals surface area contributed by atoms with Crippen molar-refractivity contribution in [3.05, 3.63) is 0 Å². The summed E-state index contributed by atoms with van der Waals surface area (Å²) in [5.41, 5.74) is 4.90. The van der Waals surface area contributed by atoms with Crippen LogP contribution in [0.1, 0.15) is 13.8 Å². The van der Waals surface area contributed by atoms with Crippen LogP contribution in [-0.2, 0) is 4.74 Å². The minimum absolute atomic E-state index is 0.433. The minimum atomic E-state index is -1.36. The van der Waals surface area contributed by atoms with Crippen LogP contribution in [0, 0.1) is 0 Å². The Morgan fingerprint density at radius 3 is 2.07 bits per heavy atom. The molecule has 15 heavy (non-hydrogen) atoms. The zero-order valence-electron chi connectivity index (χ0n) is 8.87. The summed E-state index contributed by atoms with van der Waals surface area (Å²) < 4.78 is 5.26. The van der Waals surface area contributed by atoms with Crippen molar-refractivity contribution in [3.8, 4) is 0 Å². The molecule has 5 unspecified atom stereocenters. The molecule has 0 bridgehead atoms. The molecule has 1 saturated heterocycles. The normalized spacial score (nSPS) is 43.0. The van der Waals surface area contributed by atoms with E-state index in [2.05, 4.69) is 0 Å². The van der Waals surface area contributed by atoms with Gasteiger partial charge in [-0.2, -0.15) is 0 Å². The first-order chi connectivity index (χ1) is 6.79. The van der Waals surface area contributed by atoms with Gasteiger partial charge in [0.05, 0.1) is 6.61 Å². The lowest BCUT2D eigenvalue weighted by molar-refractivity contribution is -0.241. The number of aliphatic hydroxyl groups excluding tert-OH is 4. The summed E-state index contributed by atoms with van der Waals surface area (Å²) in [7, 11) is 0. The number of rotatable bonds is 2. The molecular weight excluding hydrogens is 202 g/mol. The van der Waals surface area contributed by atoms with Gasteiger partial charge in [0, 0.05) is 5.54 Å². The summed E-state index contributed by atoms with van der Waals surface area (Å²) in [5, 5.41) is 37.6. The first-order valence-electron chi connectivity index (χ1n) is 4.88. The molecule has 1 heterocycles. The Morgan fingerprint density at radius 1 is 1.13 bits per heavy atom. The molecule has 1 fully saturated rings. The van der Waals surface area contributed by atoms with E-state index in [0.717, 1.165) is 0 Å². The molecule has 0 saturated carbocycles. The molecule has 0 aromatic rings. The molecule has 6 nitrogen and oxygen atoms in total. The Bertz CT molecular complexity index is 215. The summed E-state index contributed by atoms with van der Waals surface area (Å²) in [6.45, 7) is 2.84. The van der Waals surface area contributed by atoms with Gasteiger partial charge in [0.15, 0.2) is 0 Å². The van der Waals surface area contributed by atoms with Crippen LogP contribution in [0.5, 0.6) is 0 Å². The first kappa shape index (κ1) is 12.8. The second kappa shape index (κ2) is 4.32. The van der Waals surface area contributed by atoms with Gasteiger partial charge in [-0.1, -0.05) is 0 Å². The van der Waals surface area contributed by atoms with Crippen molar-refractivity contribution >= 4 is 0 Å². The smallest absolute Gasteiger partial charge is 0.111 e. The Kier molecular flexibility index (Phi) is 3.70. The summed E-state index contributed by atoms with van der Waals surface area (Å²) in [5.74, 6) is 0. The lowest BCUT2D eigenvalue weighted by Gasteiger charge is -2.45. The average Bonchev–Trinajstić information content (AvgIpc) is 2.13. The van der Waals surface area contributed by atoms with E-state index in [9.17, 15) is 15.3 Å². The fourth-order valence-electron chi connectivity index (χ4n) is 1.72. The SMILES string of the molecule is CC(C)(N)C1OC(CO)C(O)C(O)C1O. The molecule has 1 aliphatic heterocycles. The Labute approximate surface area is 88.3 Å². The molecule has 0 aromatic carbocycles. The van der Waals surface area contributed by atoms with E-state index < -0.39 is 42.7 Å². The zero-order chi connectivity index (χ0) is 11.8. The molecule has 0 amide bonds. The van der Waals surface area contributed by atoms with Gasteiger partial charge in [-0.3, -0.25) is 0 Å². The van der Waals surface area contributed by atoms with Crippen LogP contribution in [-0.4, -0.2) is 63.1 Å². The molecule has 6 heteroatoms. The van der Waals surface area contributed by atoms with E-state index in [1.54, 1.807) is 13.8 Å². The van der Waals surface area contributed by atoms with Crippen LogP contribution < -0.4 is 5.73 Å². The highest BCUT2D eigenvalue weighted by Gasteiger charge is 2.47. The van der Waals surface area contributed by atoms with Crippen molar-refractivity contribution in [2.45, 2.75) is 49.9 Å². The van der Waals surface area contributed by atoms with Gasteiger partial charge >= 0.3 is 0 Å². The van der Waals surface area contributed by atoms with Crippen LogP contribution in [0.4, 0.5) is 0 Å². The summed E-state index contributed by atoms with van der Waals surface area (Å²) in [4.78, 5) is 0. The predicted molar refractivity (Wildman–Crippen MR) is 52.0 cm³/mol. The second-order valence-corrected chi connectivity index (χ2v) is 4.57.